The lowest BCUT2D eigenvalue weighted by atomic mass is 10.2. The van der Waals surface area contributed by atoms with Crippen molar-refractivity contribution in [2.24, 2.45) is 0 Å². The van der Waals surface area contributed by atoms with Gasteiger partial charge >= 0.3 is 0 Å². The normalized spacial score (nSPS) is 15.2. The summed E-state index contributed by atoms with van der Waals surface area (Å²) in [7, 11) is 0. The zero-order valence-corrected chi connectivity index (χ0v) is 17.3. The van der Waals surface area contributed by atoms with Crippen LogP contribution < -0.4 is 10.1 Å². The molecule has 0 saturated heterocycles. The standard InChI is InChI=1S/C20H16ClFN4O3S/c1-11-8-14(6-7-15(11)21)29-10-17-24-20-26(25-17)19(28)16(30-20)9-18(27)23-13-4-2-12(22)3-5-13/h2-8,16H,9-10H2,1H3,(H,23,27). The van der Waals surface area contributed by atoms with E-state index in [9.17, 15) is 14.0 Å². The van der Waals surface area contributed by atoms with Crippen LogP contribution in [0, 0.1) is 12.7 Å². The maximum absolute atomic E-state index is 12.9. The number of nitrogens with zero attached hydrogens (tertiary/aromatic N) is 3. The van der Waals surface area contributed by atoms with Gasteiger partial charge in [0.15, 0.2) is 11.0 Å². The average Bonchev–Trinajstić information content (AvgIpc) is 3.23. The summed E-state index contributed by atoms with van der Waals surface area (Å²) in [6, 6.07) is 10.7. The van der Waals surface area contributed by atoms with Crippen LogP contribution in [0.2, 0.25) is 5.02 Å². The van der Waals surface area contributed by atoms with Gasteiger partial charge in [-0.15, -0.1) is 5.10 Å². The number of halogens is 2. The summed E-state index contributed by atoms with van der Waals surface area (Å²) >= 11 is 7.18. The minimum atomic E-state index is -0.616. The molecule has 1 unspecified atom stereocenters. The Bertz CT molecular complexity index is 1120. The third kappa shape index (κ3) is 4.47. The van der Waals surface area contributed by atoms with Crippen molar-refractivity contribution in [3.8, 4) is 5.75 Å². The van der Waals surface area contributed by atoms with Crippen molar-refractivity contribution in [1.82, 2.24) is 14.8 Å². The number of carbonyl (C=O) groups is 2. The van der Waals surface area contributed by atoms with Gasteiger partial charge in [0.25, 0.3) is 5.91 Å². The smallest absolute Gasteiger partial charge is 0.263 e. The lowest BCUT2D eigenvalue weighted by molar-refractivity contribution is -0.116. The van der Waals surface area contributed by atoms with Crippen LogP contribution in [0.25, 0.3) is 0 Å². The minimum Gasteiger partial charge on any atom is -0.486 e. The van der Waals surface area contributed by atoms with E-state index in [1.54, 1.807) is 12.1 Å². The predicted octanol–water partition coefficient (Wildman–Crippen LogP) is 4.10. The maximum atomic E-state index is 12.9. The van der Waals surface area contributed by atoms with Crippen molar-refractivity contribution in [3.05, 3.63) is 64.7 Å². The van der Waals surface area contributed by atoms with Crippen molar-refractivity contribution < 1.29 is 18.7 Å². The highest BCUT2D eigenvalue weighted by Crippen LogP contribution is 2.32. The molecule has 1 aliphatic rings. The SMILES string of the molecule is Cc1cc(OCc2nc3n(n2)C(=O)C(CC(=O)Nc2ccc(F)cc2)S3)ccc1Cl. The number of amides is 1. The maximum Gasteiger partial charge on any atom is 0.263 e. The lowest BCUT2D eigenvalue weighted by Gasteiger charge is -2.08. The number of fused-ring (bicyclic) bond motifs is 1. The fourth-order valence-electron chi connectivity index (χ4n) is 2.83. The Balaban J connectivity index is 1.33. The van der Waals surface area contributed by atoms with E-state index in [0.717, 1.165) is 5.56 Å². The molecule has 0 aliphatic carbocycles. The number of benzene rings is 2. The molecule has 0 fully saturated rings. The number of aryl methyl sites for hydroxylation is 1. The molecule has 7 nitrogen and oxygen atoms in total. The highest BCUT2D eigenvalue weighted by Gasteiger charge is 2.36. The summed E-state index contributed by atoms with van der Waals surface area (Å²) in [5.41, 5.74) is 1.35. The lowest BCUT2D eigenvalue weighted by Crippen LogP contribution is -2.25. The Morgan fingerprint density at radius 1 is 1.30 bits per heavy atom. The number of hydrogen-bond acceptors (Lipinski definition) is 6. The third-order valence-corrected chi connectivity index (χ3v) is 5.90. The van der Waals surface area contributed by atoms with Crippen molar-refractivity contribution in [3.63, 3.8) is 0 Å². The van der Waals surface area contributed by atoms with E-state index in [1.807, 2.05) is 13.0 Å². The highest BCUT2D eigenvalue weighted by atomic mass is 35.5. The van der Waals surface area contributed by atoms with Crippen LogP contribution >= 0.6 is 23.4 Å². The summed E-state index contributed by atoms with van der Waals surface area (Å²) in [5, 5.41) is 7.29. The zero-order chi connectivity index (χ0) is 21.3. The van der Waals surface area contributed by atoms with Gasteiger partial charge in [-0.1, -0.05) is 23.4 Å². The van der Waals surface area contributed by atoms with E-state index in [1.165, 1.54) is 40.7 Å². The molecule has 2 heterocycles. The Kier molecular flexibility index (Phi) is 5.74. The van der Waals surface area contributed by atoms with E-state index in [0.29, 0.717) is 27.4 Å². The molecule has 0 bridgehead atoms. The molecule has 154 valence electrons. The molecular weight excluding hydrogens is 431 g/mol. The molecule has 1 N–H and O–H groups in total. The first-order valence-electron chi connectivity index (χ1n) is 9.00. The molecule has 0 saturated carbocycles. The van der Waals surface area contributed by atoms with E-state index >= 15 is 0 Å². The number of hydrogen-bond donors (Lipinski definition) is 1. The van der Waals surface area contributed by atoms with Crippen LogP contribution in [-0.4, -0.2) is 31.8 Å². The van der Waals surface area contributed by atoms with Gasteiger partial charge in [-0.25, -0.2) is 9.37 Å². The molecule has 1 atom stereocenters. The van der Waals surface area contributed by atoms with Gasteiger partial charge in [-0.2, -0.15) is 4.68 Å². The zero-order valence-electron chi connectivity index (χ0n) is 15.8. The predicted molar refractivity (Wildman–Crippen MR) is 110 cm³/mol. The van der Waals surface area contributed by atoms with Crippen LogP contribution in [0.3, 0.4) is 0 Å². The quantitative estimate of drug-likeness (QED) is 0.613. The Morgan fingerprint density at radius 3 is 2.77 bits per heavy atom. The van der Waals surface area contributed by atoms with Gasteiger partial charge in [-0.3, -0.25) is 9.59 Å². The van der Waals surface area contributed by atoms with Gasteiger partial charge in [0, 0.05) is 17.1 Å². The Morgan fingerprint density at radius 2 is 2.07 bits per heavy atom. The highest BCUT2D eigenvalue weighted by molar-refractivity contribution is 8.00. The molecule has 30 heavy (non-hydrogen) atoms. The van der Waals surface area contributed by atoms with Crippen LogP contribution in [0.5, 0.6) is 5.75 Å². The second-order valence-corrected chi connectivity index (χ2v) is 8.20. The van der Waals surface area contributed by atoms with E-state index in [2.05, 4.69) is 15.4 Å². The molecule has 1 amide bonds. The van der Waals surface area contributed by atoms with Crippen LogP contribution in [0.15, 0.2) is 47.6 Å². The molecule has 1 aliphatic heterocycles. The number of rotatable bonds is 6. The van der Waals surface area contributed by atoms with Gasteiger partial charge in [0.05, 0.1) is 0 Å². The number of anilines is 1. The van der Waals surface area contributed by atoms with Crippen molar-refractivity contribution in [2.75, 3.05) is 5.32 Å². The molecule has 0 radical (unpaired) electrons. The first-order valence-corrected chi connectivity index (χ1v) is 10.3. The number of nitrogens with one attached hydrogen (secondary N) is 1. The summed E-state index contributed by atoms with van der Waals surface area (Å²) in [6.45, 7) is 1.98. The molecule has 10 heteroatoms. The number of aromatic nitrogens is 3. The van der Waals surface area contributed by atoms with Gasteiger partial charge in [0.2, 0.25) is 5.91 Å². The molecule has 0 spiro atoms. The van der Waals surface area contributed by atoms with Crippen molar-refractivity contribution >= 4 is 40.9 Å². The fraction of sp³-hybridized carbons (Fsp3) is 0.200. The van der Waals surface area contributed by atoms with Crippen molar-refractivity contribution in [2.45, 2.75) is 30.4 Å². The second-order valence-electron chi connectivity index (χ2n) is 6.63. The van der Waals surface area contributed by atoms with E-state index in [-0.39, 0.29) is 24.8 Å². The topological polar surface area (TPSA) is 86.1 Å². The van der Waals surface area contributed by atoms with Crippen LogP contribution in [0.4, 0.5) is 10.1 Å². The first kappa shape index (κ1) is 20.4. The van der Waals surface area contributed by atoms with Gasteiger partial charge in [-0.05, 0) is 55.0 Å². The summed E-state index contributed by atoms with van der Waals surface area (Å²) in [5.74, 6) is -0.0592. The summed E-state index contributed by atoms with van der Waals surface area (Å²) in [6.07, 6.45) is -0.0399. The summed E-state index contributed by atoms with van der Waals surface area (Å²) < 4.78 is 19.8. The first-order chi connectivity index (χ1) is 14.4. The van der Waals surface area contributed by atoms with E-state index < -0.39 is 11.1 Å². The molecular formula is C20H16ClFN4O3S. The number of carbonyl (C=O) groups excluding carboxylic acids is 2. The fourth-order valence-corrected chi connectivity index (χ4v) is 4.03. The Hall–Kier alpha value is -2.91. The molecule has 4 rings (SSSR count). The van der Waals surface area contributed by atoms with Crippen LogP contribution in [0.1, 0.15) is 22.6 Å². The molecule has 2 aromatic carbocycles. The molecule has 1 aromatic heterocycles. The van der Waals surface area contributed by atoms with Gasteiger partial charge in [0.1, 0.15) is 23.4 Å². The van der Waals surface area contributed by atoms with Crippen LogP contribution in [-0.2, 0) is 11.4 Å². The number of ether oxygens (including phenoxy) is 1. The minimum absolute atomic E-state index is 0.0399. The number of thioether (sulfide) groups is 1. The van der Waals surface area contributed by atoms with Crippen molar-refractivity contribution in [1.29, 1.82) is 0 Å². The molecule has 3 aromatic rings. The second kappa shape index (κ2) is 8.45. The summed E-state index contributed by atoms with van der Waals surface area (Å²) in [4.78, 5) is 29.1. The average molecular weight is 447 g/mol. The van der Waals surface area contributed by atoms with E-state index in [4.69, 9.17) is 16.3 Å². The third-order valence-electron chi connectivity index (χ3n) is 4.35. The monoisotopic (exact) mass is 446 g/mol. The Labute approximate surface area is 180 Å². The van der Waals surface area contributed by atoms with Gasteiger partial charge < -0.3 is 10.1 Å². The largest absolute Gasteiger partial charge is 0.486 e.